The summed E-state index contributed by atoms with van der Waals surface area (Å²) in [6.07, 6.45) is 13.8. The molecule has 1 spiro atoms. The molecule has 0 amide bonds. The smallest absolute Gasteiger partial charge is 0.178 e. The van der Waals surface area contributed by atoms with Gasteiger partial charge in [0.2, 0.25) is 0 Å². The SMILES string of the molecule is COC1C=c2c3c(c4c(c2=CC1)-c1ccccc1C41CC(C)(C)CC(C)(C)C1)C=CC(c1ccccc1)(c1ccc(C)cc1)O3. The molecule has 0 N–H and O–H groups in total. The third-order valence-electron chi connectivity index (χ3n) is 10.9. The third-order valence-corrected chi connectivity index (χ3v) is 10.9. The topological polar surface area (TPSA) is 18.5 Å². The van der Waals surface area contributed by atoms with Crippen molar-refractivity contribution >= 4 is 18.2 Å². The van der Waals surface area contributed by atoms with E-state index in [0.717, 1.165) is 36.1 Å². The Morgan fingerprint density at radius 1 is 0.756 bits per heavy atom. The van der Waals surface area contributed by atoms with Crippen LogP contribution in [0.1, 0.15) is 86.8 Å². The Labute approximate surface area is 268 Å². The van der Waals surface area contributed by atoms with Gasteiger partial charge in [-0.05, 0) is 83.1 Å². The zero-order valence-electron chi connectivity index (χ0n) is 27.5. The standard InChI is InChI=1S/C43H44O2/c1-28-16-18-30(19-17-28)43(29-12-8-7-9-13-29)23-22-34-38-37(32-21-20-31(44-6)24-35(32)39(34)45-43)33-14-10-11-15-36(33)42(38)26-40(2,3)25-41(4,5)27-42/h7-19,21-24,31H,20,25-27H2,1-6H3. The van der Waals surface area contributed by atoms with Crippen LogP contribution in [0.5, 0.6) is 5.75 Å². The Morgan fingerprint density at radius 2 is 1.42 bits per heavy atom. The highest BCUT2D eigenvalue weighted by Crippen LogP contribution is 2.64. The van der Waals surface area contributed by atoms with Crippen LogP contribution in [0, 0.1) is 17.8 Å². The number of fused-ring (bicyclic) bond motifs is 10. The van der Waals surface area contributed by atoms with Gasteiger partial charge in [-0.3, -0.25) is 0 Å². The second-order valence-corrected chi connectivity index (χ2v) is 15.6. The zero-order chi connectivity index (χ0) is 31.2. The Kier molecular flexibility index (Phi) is 6.23. The number of rotatable bonds is 3. The molecule has 4 aliphatic rings. The summed E-state index contributed by atoms with van der Waals surface area (Å²) in [5, 5.41) is 2.48. The lowest BCUT2D eigenvalue weighted by molar-refractivity contribution is 0.0641. The molecule has 4 aromatic carbocycles. The number of methoxy groups -OCH3 is 1. The van der Waals surface area contributed by atoms with Gasteiger partial charge in [0.15, 0.2) is 5.60 Å². The number of benzene rings is 4. The molecule has 2 atom stereocenters. The van der Waals surface area contributed by atoms with Crippen molar-refractivity contribution in [3.05, 3.63) is 129 Å². The molecule has 2 nitrogen and oxygen atoms in total. The summed E-state index contributed by atoms with van der Waals surface area (Å²) >= 11 is 0. The summed E-state index contributed by atoms with van der Waals surface area (Å²) in [6.45, 7) is 12.1. The van der Waals surface area contributed by atoms with Gasteiger partial charge in [-0.15, -0.1) is 0 Å². The molecule has 0 bridgehead atoms. The van der Waals surface area contributed by atoms with E-state index >= 15 is 0 Å². The van der Waals surface area contributed by atoms with Gasteiger partial charge < -0.3 is 9.47 Å². The van der Waals surface area contributed by atoms with Crippen LogP contribution in [0.15, 0.2) is 84.9 Å². The van der Waals surface area contributed by atoms with Crippen molar-refractivity contribution in [1.29, 1.82) is 0 Å². The number of ether oxygens (including phenoxy) is 2. The van der Waals surface area contributed by atoms with Gasteiger partial charge in [0, 0.05) is 34.4 Å². The lowest BCUT2D eigenvalue weighted by Crippen LogP contribution is -2.46. The Balaban J connectivity index is 1.49. The Morgan fingerprint density at radius 3 is 2.13 bits per heavy atom. The van der Waals surface area contributed by atoms with E-state index in [0.29, 0.717) is 0 Å². The van der Waals surface area contributed by atoms with Crippen LogP contribution < -0.4 is 15.2 Å². The summed E-state index contributed by atoms with van der Waals surface area (Å²) < 4.78 is 13.6. The molecule has 228 valence electrons. The predicted molar refractivity (Wildman–Crippen MR) is 186 cm³/mol. The van der Waals surface area contributed by atoms with Gasteiger partial charge in [0.1, 0.15) is 5.75 Å². The highest BCUT2D eigenvalue weighted by atomic mass is 16.5. The van der Waals surface area contributed by atoms with Gasteiger partial charge >= 0.3 is 0 Å². The lowest BCUT2D eigenvalue weighted by Gasteiger charge is -2.52. The summed E-state index contributed by atoms with van der Waals surface area (Å²) in [7, 11) is 1.82. The van der Waals surface area contributed by atoms with Crippen molar-refractivity contribution in [1.82, 2.24) is 0 Å². The molecule has 1 saturated carbocycles. The van der Waals surface area contributed by atoms with E-state index in [1.165, 1.54) is 50.2 Å². The molecule has 0 aromatic heterocycles. The second kappa shape index (κ2) is 9.81. The fourth-order valence-corrected chi connectivity index (χ4v) is 9.96. The maximum absolute atomic E-state index is 7.59. The first-order chi connectivity index (χ1) is 21.6. The molecule has 45 heavy (non-hydrogen) atoms. The molecule has 2 heteroatoms. The quantitative estimate of drug-likeness (QED) is 0.237. The molecule has 2 unspecified atom stereocenters. The monoisotopic (exact) mass is 592 g/mol. The fourth-order valence-electron chi connectivity index (χ4n) is 9.96. The van der Waals surface area contributed by atoms with Crippen LogP contribution in [0.3, 0.4) is 0 Å². The van der Waals surface area contributed by atoms with Gasteiger partial charge in [0.25, 0.3) is 0 Å². The minimum atomic E-state index is -0.748. The first-order valence-electron chi connectivity index (χ1n) is 16.6. The third kappa shape index (κ3) is 4.25. The van der Waals surface area contributed by atoms with Crippen LogP contribution in [-0.2, 0) is 15.8 Å². The molecular weight excluding hydrogens is 548 g/mol. The molecule has 1 fully saturated rings. The maximum atomic E-state index is 7.59. The minimum absolute atomic E-state index is 0.0119. The van der Waals surface area contributed by atoms with Gasteiger partial charge in [-0.1, -0.05) is 124 Å². The van der Waals surface area contributed by atoms with Crippen LogP contribution in [0.25, 0.3) is 29.4 Å². The van der Waals surface area contributed by atoms with Crippen LogP contribution in [0.4, 0.5) is 0 Å². The van der Waals surface area contributed by atoms with Gasteiger partial charge in [-0.25, -0.2) is 0 Å². The van der Waals surface area contributed by atoms with Gasteiger partial charge in [0.05, 0.1) is 6.10 Å². The first-order valence-corrected chi connectivity index (χ1v) is 16.6. The predicted octanol–water partition coefficient (Wildman–Crippen LogP) is 8.83. The van der Waals surface area contributed by atoms with Crippen molar-refractivity contribution < 1.29 is 9.47 Å². The minimum Gasteiger partial charge on any atom is -0.472 e. The molecule has 8 rings (SSSR count). The Hall–Kier alpha value is -3.88. The number of hydrogen-bond acceptors (Lipinski definition) is 2. The maximum Gasteiger partial charge on any atom is 0.178 e. The highest BCUT2D eigenvalue weighted by Gasteiger charge is 2.55. The second-order valence-electron chi connectivity index (χ2n) is 15.6. The van der Waals surface area contributed by atoms with E-state index in [1.54, 1.807) is 0 Å². The first kappa shape index (κ1) is 28.6. The summed E-state index contributed by atoms with van der Waals surface area (Å²) in [5.74, 6) is 0.988. The number of hydrogen-bond donors (Lipinski definition) is 0. The van der Waals surface area contributed by atoms with Crippen LogP contribution in [-0.4, -0.2) is 13.2 Å². The summed E-state index contributed by atoms with van der Waals surface area (Å²) in [5.41, 5.74) is 10.1. The van der Waals surface area contributed by atoms with E-state index in [9.17, 15) is 0 Å². The van der Waals surface area contributed by atoms with Crippen molar-refractivity contribution in [2.45, 2.75) is 77.4 Å². The average Bonchev–Trinajstić information content (AvgIpc) is 3.28. The van der Waals surface area contributed by atoms with E-state index in [1.807, 2.05) is 7.11 Å². The normalized spacial score (nSPS) is 24.4. The van der Waals surface area contributed by atoms with E-state index in [2.05, 4.69) is 138 Å². The molecule has 1 aliphatic heterocycles. The molecule has 1 heterocycles. The lowest BCUT2D eigenvalue weighted by atomic mass is 9.52. The molecule has 0 radical (unpaired) electrons. The molecule has 3 aliphatic carbocycles. The summed E-state index contributed by atoms with van der Waals surface area (Å²) in [6, 6.07) is 28.8. The molecule has 0 saturated heterocycles. The Bertz CT molecular complexity index is 1960. The zero-order valence-corrected chi connectivity index (χ0v) is 27.5. The molecule has 4 aromatic rings. The molecular formula is C43H44O2. The van der Waals surface area contributed by atoms with Crippen molar-refractivity contribution in [2.75, 3.05) is 7.11 Å². The van der Waals surface area contributed by atoms with Gasteiger partial charge in [-0.2, -0.15) is 0 Å². The van der Waals surface area contributed by atoms with Crippen LogP contribution >= 0.6 is 0 Å². The highest BCUT2D eigenvalue weighted by molar-refractivity contribution is 5.89. The average molecular weight is 593 g/mol. The summed E-state index contributed by atoms with van der Waals surface area (Å²) in [4.78, 5) is 0. The van der Waals surface area contributed by atoms with Crippen molar-refractivity contribution in [3.8, 4) is 16.9 Å². The van der Waals surface area contributed by atoms with E-state index in [4.69, 9.17) is 9.47 Å². The van der Waals surface area contributed by atoms with Crippen molar-refractivity contribution in [2.24, 2.45) is 10.8 Å². The fraction of sp³-hybridized carbons (Fsp3) is 0.349. The number of aryl methyl sites for hydroxylation is 1. The largest absolute Gasteiger partial charge is 0.472 e. The van der Waals surface area contributed by atoms with E-state index < -0.39 is 5.60 Å². The van der Waals surface area contributed by atoms with Crippen LogP contribution in [0.2, 0.25) is 0 Å². The van der Waals surface area contributed by atoms with E-state index in [-0.39, 0.29) is 22.3 Å². The van der Waals surface area contributed by atoms with Crippen molar-refractivity contribution in [3.63, 3.8) is 0 Å².